The van der Waals surface area contributed by atoms with Crippen LogP contribution in [0, 0.1) is 0 Å². The molecular weight excluding hydrogens is 392 g/mol. The average molecular weight is 418 g/mol. The number of nitrogens with zero attached hydrogens (tertiary/aromatic N) is 1. The summed E-state index contributed by atoms with van der Waals surface area (Å²) in [5.41, 5.74) is 2.96. The monoisotopic (exact) mass is 418 g/mol. The van der Waals surface area contributed by atoms with E-state index < -0.39 is 5.97 Å². The van der Waals surface area contributed by atoms with Gasteiger partial charge < -0.3 is 14.8 Å². The molecule has 0 atom stereocenters. The smallest absolute Gasteiger partial charge is 0.343 e. The van der Waals surface area contributed by atoms with Crippen LogP contribution in [-0.2, 0) is 27.4 Å². The fourth-order valence-electron chi connectivity index (χ4n) is 3.09. The molecule has 0 radical (unpaired) electrons. The first-order valence-electron chi connectivity index (χ1n) is 10.0. The molecule has 31 heavy (non-hydrogen) atoms. The van der Waals surface area contributed by atoms with Gasteiger partial charge in [-0.15, -0.1) is 0 Å². The van der Waals surface area contributed by atoms with E-state index in [0.29, 0.717) is 24.5 Å². The molecule has 3 aromatic carbocycles. The molecule has 0 unspecified atom stereocenters. The van der Waals surface area contributed by atoms with Gasteiger partial charge in [0.05, 0.1) is 13.7 Å². The summed E-state index contributed by atoms with van der Waals surface area (Å²) < 4.78 is 9.87. The molecule has 0 fully saturated rings. The van der Waals surface area contributed by atoms with Crippen molar-refractivity contribution in [2.75, 3.05) is 25.6 Å². The summed E-state index contributed by atoms with van der Waals surface area (Å²) in [4.78, 5) is 26.0. The van der Waals surface area contributed by atoms with Gasteiger partial charge in [0.15, 0.2) is 6.61 Å². The molecule has 1 N–H and O–H groups in total. The minimum Gasteiger partial charge on any atom is -0.482 e. The standard InChI is InChI=1S/C25H26N2O4/c1-30-25(29)19-31-23-14-12-22(13-15-23)26-24(28)18-27(16-20-8-4-2-5-9-20)17-21-10-6-3-7-11-21/h2-15H,16-19H2,1H3,(H,26,28). The van der Waals surface area contributed by atoms with Crippen LogP contribution < -0.4 is 10.1 Å². The third-order valence-electron chi connectivity index (χ3n) is 4.59. The molecule has 0 spiro atoms. The highest BCUT2D eigenvalue weighted by Crippen LogP contribution is 2.16. The molecule has 0 aliphatic carbocycles. The predicted octanol–water partition coefficient (Wildman–Crippen LogP) is 3.88. The van der Waals surface area contributed by atoms with Gasteiger partial charge in [-0.3, -0.25) is 9.69 Å². The highest BCUT2D eigenvalue weighted by atomic mass is 16.6. The number of esters is 1. The van der Waals surface area contributed by atoms with Crippen molar-refractivity contribution in [1.29, 1.82) is 0 Å². The number of ether oxygens (including phenoxy) is 2. The second kappa shape index (κ2) is 11.5. The lowest BCUT2D eigenvalue weighted by molar-refractivity contribution is -0.142. The zero-order valence-electron chi connectivity index (χ0n) is 17.5. The van der Waals surface area contributed by atoms with Gasteiger partial charge in [-0.25, -0.2) is 4.79 Å². The first kappa shape index (κ1) is 22.1. The number of rotatable bonds is 10. The van der Waals surface area contributed by atoms with Crippen LogP contribution in [0.3, 0.4) is 0 Å². The second-order valence-corrected chi connectivity index (χ2v) is 7.05. The van der Waals surface area contributed by atoms with Crippen LogP contribution in [0.25, 0.3) is 0 Å². The Morgan fingerprint density at radius 2 is 1.35 bits per heavy atom. The summed E-state index contributed by atoms with van der Waals surface area (Å²) in [6.07, 6.45) is 0. The minimum atomic E-state index is -0.450. The zero-order valence-corrected chi connectivity index (χ0v) is 17.5. The molecule has 0 aliphatic heterocycles. The number of hydrogen-bond acceptors (Lipinski definition) is 5. The Labute approximate surface area is 182 Å². The van der Waals surface area contributed by atoms with E-state index in [9.17, 15) is 9.59 Å². The lowest BCUT2D eigenvalue weighted by Gasteiger charge is -2.22. The highest BCUT2D eigenvalue weighted by molar-refractivity contribution is 5.92. The number of benzene rings is 3. The molecule has 0 saturated carbocycles. The van der Waals surface area contributed by atoms with Gasteiger partial charge in [0.2, 0.25) is 5.91 Å². The Morgan fingerprint density at radius 3 is 1.87 bits per heavy atom. The number of anilines is 1. The normalized spacial score (nSPS) is 10.5. The maximum atomic E-state index is 12.7. The molecule has 0 saturated heterocycles. The van der Waals surface area contributed by atoms with Gasteiger partial charge in [-0.2, -0.15) is 0 Å². The van der Waals surface area contributed by atoms with Crippen molar-refractivity contribution < 1.29 is 19.1 Å². The van der Waals surface area contributed by atoms with Crippen LogP contribution in [-0.4, -0.2) is 37.0 Å². The SMILES string of the molecule is COC(=O)COc1ccc(NC(=O)CN(Cc2ccccc2)Cc2ccccc2)cc1. The third kappa shape index (κ3) is 7.60. The lowest BCUT2D eigenvalue weighted by Crippen LogP contribution is -2.32. The van der Waals surface area contributed by atoms with E-state index in [-0.39, 0.29) is 19.1 Å². The summed E-state index contributed by atoms with van der Waals surface area (Å²) in [5, 5.41) is 2.92. The van der Waals surface area contributed by atoms with Crippen molar-refractivity contribution in [1.82, 2.24) is 4.90 Å². The van der Waals surface area contributed by atoms with E-state index in [1.807, 2.05) is 36.4 Å². The van der Waals surface area contributed by atoms with Crippen molar-refractivity contribution in [3.8, 4) is 5.75 Å². The third-order valence-corrected chi connectivity index (χ3v) is 4.59. The highest BCUT2D eigenvalue weighted by Gasteiger charge is 2.13. The number of nitrogens with one attached hydrogen (secondary N) is 1. The summed E-state index contributed by atoms with van der Waals surface area (Å²) in [6, 6.07) is 27.1. The first-order chi connectivity index (χ1) is 15.1. The number of carbonyl (C=O) groups is 2. The van der Waals surface area contributed by atoms with Gasteiger partial charge in [-0.05, 0) is 35.4 Å². The van der Waals surface area contributed by atoms with Crippen LogP contribution in [0.1, 0.15) is 11.1 Å². The Bertz CT molecular complexity index is 918. The van der Waals surface area contributed by atoms with Crippen LogP contribution in [0.2, 0.25) is 0 Å². The molecule has 0 aromatic heterocycles. The van der Waals surface area contributed by atoms with Gasteiger partial charge in [-0.1, -0.05) is 60.7 Å². The summed E-state index contributed by atoms with van der Waals surface area (Å²) in [7, 11) is 1.31. The van der Waals surface area contributed by atoms with Gasteiger partial charge in [0.25, 0.3) is 0 Å². The molecule has 6 heteroatoms. The number of hydrogen-bond donors (Lipinski definition) is 1. The Hall–Kier alpha value is -3.64. The van der Waals surface area contributed by atoms with E-state index in [2.05, 4.69) is 39.2 Å². The molecule has 1 amide bonds. The summed E-state index contributed by atoms with van der Waals surface area (Å²) in [6.45, 7) is 1.44. The van der Waals surface area contributed by atoms with Crippen molar-refractivity contribution in [2.45, 2.75) is 13.1 Å². The number of amides is 1. The van der Waals surface area contributed by atoms with Crippen LogP contribution in [0.5, 0.6) is 5.75 Å². The number of carbonyl (C=O) groups excluding carboxylic acids is 2. The van der Waals surface area contributed by atoms with Gasteiger partial charge >= 0.3 is 5.97 Å². The van der Waals surface area contributed by atoms with Crippen molar-refractivity contribution in [3.05, 3.63) is 96.1 Å². The van der Waals surface area contributed by atoms with Gasteiger partial charge in [0, 0.05) is 18.8 Å². The summed E-state index contributed by atoms with van der Waals surface area (Å²) in [5.74, 6) is -0.0254. The van der Waals surface area contributed by atoms with E-state index in [1.165, 1.54) is 7.11 Å². The van der Waals surface area contributed by atoms with Crippen LogP contribution in [0.4, 0.5) is 5.69 Å². The van der Waals surface area contributed by atoms with Crippen LogP contribution in [0.15, 0.2) is 84.9 Å². The molecule has 0 bridgehead atoms. The molecule has 0 heterocycles. The predicted molar refractivity (Wildman–Crippen MR) is 120 cm³/mol. The molecule has 6 nitrogen and oxygen atoms in total. The second-order valence-electron chi connectivity index (χ2n) is 7.05. The van der Waals surface area contributed by atoms with Crippen molar-refractivity contribution in [2.24, 2.45) is 0 Å². The number of methoxy groups -OCH3 is 1. The molecular formula is C25H26N2O4. The maximum Gasteiger partial charge on any atom is 0.343 e. The van der Waals surface area contributed by atoms with Crippen molar-refractivity contribution in [3.63, 3.8) is 0 Å². The molecule has 3 aromatic rings. The largest absolute Gasteiger partial charge is 0.482 e. The Balaban J connectivity index is 1.59. The first-order valence-corrected chi connectivity index (χ1v) is 10.0. The maximum absolute atomic E-state index is 12.7. The molecule has 160 valence electrons. The van der Waals surface area contributed by atoms with Crippen LogP contribution >= 0.6 is 0 Å². The average Bonchev–Trinajstić information content (AvgIpc) is 2.79. The van der Waals surface area contributed by atoms with E-state index in [4.69, 9.17) is 4.74 Å². The fourth-order valence-corrected chi connectivity index (χ4v) is 3.09. The fraction of sp³-hybridized carbons (Fsp3) is 0.200. The quantitative estimate of drug-likeness (QED) is 0.506. The Morgan fingerprint density at radius 1 is 0.806 bits per heavy atom. The van der Waals surface area contributed by atoms with E-state index >= 15 is 0 Å². The topological polar surface area (TPSA) is 67.9 Å². The van der Waals surface area contributed by atoms with E-state index in [0.717, 1.165) is 11.1 Å². The van der Waals surface area contributed by atoms with E-state index in [1.54, 1.807) is 24.3 Å². The Kier molecular flexibility index (Phi) is 8.20. The zero-order chi connectivity index (χ0) is 21.9. The minimum absolute atomic E-state index is 0.102. The lowest BCUT2D eigenvalue weighted by atomic mass is 10.1. The molecule has 0 aliphatic rings. The molecule has 3 rings (SSSR count). The summed E-state index contributed by atoms with van der Waals surface area (Å²) >= 11 is 0. The van der Waals surface area contributed by atoms with Crippen molar-refractivity contribution >= 4 is 17.6 Å². The van der Waals surface area contributed by atoms with Gasteiger partial charge in [0.1, 0.15) is 5.75 Å².